The van der Waals surface area contributed by atoms with E-state index in [1.54, 1.807) is 19.1 Å². The van der Waals surface area contributed by atoms with E-state index in [0.717, 1.165) is 62.8 Å². The van der Waals surface area contributed by atoms with Crippen molar-refractivity contribution in [2.75, 3.05) is 52.4 Å². The minimum absolute atomic E-state index is 0.261. The van der Waals surface area contributed by atoms with Gasteiger partial charge in [-0.15, -0.1) is 0 Å². The Morgan fingerprint density at radius 2 is 1.70 bits per heavy atom. The van der Waals surface area contributed by atoms with Crippen molar-refractivity contribution in [3.8, 4) is 11.5 Å². The number of nitrogens with zero attached hydrogens (tertiary/aromatic N) is 2. The van der Waals surface area contributed by atoms with Crippen molar-refractivity contribution in [2.24, 2.45) is 5.73 Å². The van der Waals surface area contributed by atoms with Crippen LogP contribution in [-0.2, 0) is 4.79 Å². The zero-order valence-electron chi connectivity index (χ0n) is 18.7. The van der Waals surface area contributed by atoms with Gasteiger partial charge in [-0.25, -0.2) is 8.78 Å². The summed E-state index contributed by atoms with van der Waals surface area (Å²) in [5, 5.41) is 0. The summed E-state index contributed by atoms with van der Waals surface area (Å²) in [4.78, 5) is 16.5. The summed E-state index contributed by atoms with van der Waals surface area (Å²) in [5.74, 6) is -1.80. The van der Waals surface area contributed by atoms with Crippen molar-refractivity contribution in [3.05, 3.63) is 59.2 Å². The summed E-state index contributed by atoms with van der Waals surface area (Å²) in [6.45, 7) is 9.28. The molecule has 1 saturated heterocycles. The molecule has 3 rings (SSSR count). The van der Waals surface area contributed by atoms with Crippen LogP contribution >= 0.6 is 11.9 Å². The minimum atomic E-state index is -0.830. The van der Waals surface area contributed by atoms with E-state index >= 15 is 0 Å². The highest BCUT2D eigenvalue weighted by Crippen LogP contribution is 2.30. The van der Waals surface area contributed by atoms with Gasteiger partial charge in [-0.2, -0.15) is 0 Å². The fraction of sp³-hybridized carbons (Fsp3) is 0.375. The van der Waals surface area contributed by atoms with Crippen molar-refractivity contribution in [3.63, 3.8) is 0 Å². The number of benzene rings is 2. The first-order valence-electron chi connectivity index (χ1n) is 10.9. The predicted molar refractivity (Wildman–Crippen MR) is 128 cm³/mol. The zero-order valence-corrected chi connectivity index (χ0v) is 19.5. The molecule has 0 saturated carbocycles. The van der Waals surface area contributed by atoms with Gasteiger partial charge in [0.15, 0.2) is 17.4 Å². The maximum atomic E-state index is 14.3. The molecule has 1 fully saturated rings. The maximum absolute atomic E-state index is 14.3. The Kier molecular flexibility index (Phi) is 9.83. The van der Waals surface area contributed by atoms with Crippen LogP contribution in [0.25, 0.3) is 6.08 Å². The standard InChI is InChI=1S/C24H30F2N4O2S/c1-18(17-31)14-19-15-22(25)24(23(26)16-19)32-20-2-4-21(5-3-20)33-28-7-9-30-12-10-29(8-6-27)11-13-30/h2-5,14-17,28H,6-13,27H2,1H3/b18-14+. The Bertz CT molecular complexity index is 925. The lowest BCUT2D eigenvalue weighted by Gasteiger charge is -2.34. The second-order valence-electron chi connectivity index (χ2n) is 7.86. The number of aldehydes is 1. The van der Waals surface area contributed by atoms with Gasteiger partial charge in [-0.3, -0.25) is 19.3 Å². The second kappa shape index (κ2) is 12.8. The largest absolute Gasteiger partial charge is 0.451 e. The van der Waals surface area contributed by atoms with Crippen LogP contribution in [0, 0.1) is 11.6 Å². The average Bonchev–Trinajstić information content (AvgIpc) is 2.81. The van der Waals surface area contributed by atoms with Crippen LogP contribution in [0.5, 0.6) is 11.5 Å². The molecular weight excluding hydrogens is 446 g/mol. The zero-order chi connectivity index (χ0) is 23.6. The molecule has 0 unspecified atom stereocenters. The van der Waals surface area contributed by atoms with Crippen LogP contribution in [0.4, 0.5) is 8.78 Å². The minimum Gasteiger partial charge on any atom is -0.451 e. The summed E-state index contributed by atoms with van der Waals surface area (Å²) >= 11 is 1.51. The van der Waals surface area contributed by atoms with Gasteiger partial charge in [-0.05, 0) is 72.5 Å². The quantitative estimate of drug-likeness (QED) is 0.223. The molecule has 2 aromatic rings. The van der Waals surface area contributed by atoms with Crippen LogP contribution in [0.3, 0.4) is 0 Å². The molecule has 0 atom stereocenters. The number of nitrogens with two attached hydrogens (primary N) is 1. The fourth-order valence-electron chi connectivity index (χ4n) is 3.51. The molecule has 0 spiro atoms. The van der Waals surface area contributed by atoms with E-state index in [4.69, 9.17) is 10.5 Å². The number of allylic oxidation sites excluding steroid dienone is 1. The molecule has 3 N–H and O–H groups in total. The first-order chi connectivity index (χ1) is 16.0. The number of piperazine rings is 1. The summed E-state index contributed by atoms with van der Waals surface area (Å²) in [7, 11) is 0. The second-order valence-corrected chi connectivity index (χ2v) is 8.83. The molecule has 0 aliphatic carbocycles. The van der Waals surface area contributed by atoms with E-state index in [0.29, 0.717) is 24.2 Å². The van der Waals surface area contributed by atoms with E-state index in [1.807, 2.05) is 12.1 Å². The molecule has 33 heavy (non-hydrogen) atoms. The number of hydrogen-bond donors (Lipinski definition) is 2. The lowest BCUT2D eigenvalue weighted by atomic mass is 10.1. The molecule has 0 amide bonds. The van der Waals surface area contributed by atoms with E-state index < -0.39 is 17.4 Å². The monoisotopic (exact) mass is 476 g/mol. The Balaban J connectivity index is 1.45. The van der Waals surface area contributed by atoms with Crippen LogP contribution in [0.1, 0.15) is 12.5 Å². The molecule has 1 aliphatic rings. The Morgan fingerprint density at radius 1 is 1.09 bits per heavy atom. The molecule has 0 aromatic heterocycles. The molecule has 0 bridgehead atoms. The number of nitrogens with one attached hydrogen (secondary N) is 1. The summed E-state index contributed by atoms with van der Waals surface area (Å²) < 4.78 is 37.5. The van der Waals surface area contributed by atoms with Gasteiger partial charge in [0.25, 0.3) is 0 Å². The lowest BCUT2D eigenvalue weighted by molar-refractivity contribution is -0.104. The summed E-state index contributed by atoms with van der Waals surface area (Å²) in [5.41, 5.74) is 6.24. The van der Waals surface area contributed by atoms with Gasteiger partial charge < -0.3 is 10.5 Å². The summed E-state index contributed by atoms with van der Waals surface area (Å²) in [6.07, 6.45) is 2.03. The van der Waals surface area contributed by atoms with Crippen molar-refractivity contribution in [1.82, 2.24) is 14.5 Å². The topological polar surface area (TPSA) is 70.8 Å². The fourth-order valence-corrected chi connectivity index (χ4v) is 4.14. The summed E-state index contributed by atoms with van der Waals surface area (Å²) in [6, 6.07) is 9.28. The molecule has 1 aliphatic heterocycles. The van der Waals surface area contributed by atoms with Gasteiger partial charge in [-0.1, -0.05) is 0 Å². The van der Waals surface area contributed by atoms with Gasteiger partial charge in [0.05, 0.1) is 0 Å². The van der Waals surface area contributed by atoms with Crippen LogP contribution in [0.2, 0.25) is 0 Å². The average molecular weight is 477 g/mol. The predicted octanol–water partition coefficient (Wildman–Crippen LogP) is 3.53. The smallest absolute Gasteiger partial charge is 0.198 e. The van der Waals surface area contributed by atoms with E-state index in [9.17, 15) is 13.6 Å². The van der Waals surface area contributed by atoms with Crippen LogP contribution < -0.4 is 15.2 Å². The molecule has 6 nitrogen and oxygen atoms in total. The van der Waals surface area contributed by atoms with Crippen LogP contribution in [0.15, 0.2) is 46.9 Å². The van der Waals surface area contributed by atoms with Crippen LogP contribution in [-0.4, -0.2) is 68.4 Å². The molecule has 9 heteroatoms. The van der Waals surface area contributed by atoms with E-state index in [1.165, 1.54) is 18.0 Å². The number of carbonyl (C=O) groups is 1. The maximum Gasteiger partial charge on any atom is 0.198 e. The normalized spacial score (nSPS) is 15.6. The number of hydrogen-bond acceptors (Lipinski definition) is 7. The first kappa shape index (κ1) is 25.3. The van der Waals surface area contributed by atoms with Crippen molar-refractivity contribution < 1.29 is 18.3 Å². The third-order valence-corrected chi connectivity index (χ3v) is 6.13. The number of rotatable bonds is 11. The Hall–Kier alpha value is -2.30. The highest BCUT2D eigenvalue weighted by Gasteiger charge is 2.16. The Morgan fingerprint density at radius 3 is 2.27 bits per heavy atom. The molecular formula is C24H30F2N4O2S. The third kappa shape index (κ3) is 7.90. The number of carbonyl (C=O) groups excluding carboxylic acids is 1. The van der Waals surface area contributed by atoms with E-state index in [2.05, 4.69) is 14.5 Å². The van der Waals surface area contributed by atoms with Crippen molar-refractivity contribution >= 4 is 24.3 Å². The Labute approximate surface area is 197 Å². The van der Waals surface area contributed by atoms with Gasteiger partial charge in [0.1, 0.15) is 12.0 Å². The molecule has 178 valence electrons. The number of ether oxygens (including phenoxy) is 1. The van der Waals surface area contributed by atoms with E-state index in [-0.39, 0.29) is 5.56 Å². The van der Waals surface area contributed by atoms with Crippen molar-refractivity contribution in [1.29, 1.82) is 0 Å². The molecule has 0 radical (unpaired) electrons. The molecule has 2 aromatic carbocycles. The van der Waals surface area contributed by atoms with Crippen molar-refractivity contribution in [2.45, 2.75) is 11.8 Å². The van der Waals surface area contributed by atoms with Gasteiger partial charge in [0.2, 0.25) is 0 Å². The highest BCUT2D eigenvalue weighted by molar-refractivity contribution is 7.97. The first-order valence-corrected chi connectivity index (χ1v) is 11.7. The number of halogens is 2. The van der Waals surface area contributed by atoms with Gasteiger partial charge >= 0.3 is 0 Å². The van der Waals surface area contributed by atoms with Gasteiger partial charge in [0, 0.05) is 57.3 Å². The third-order valence-electron chi connectivity index (χ3n) is 5.27. The highest BCUT2D eigenvalue weighted by atomic mass is 32.2. The SMILES string of the molecule is C/C(C=O)=C\c1cc(F)c(Oc2ccc(SNCCN3CCN(CCN)CC3)cc2)c(F)c1. The lowest BCUT2D eigenvalue weighted by Crippen LogP contribution is -2.48. The molecule has 1 heterocycles.